The number of hydrazone groups is 1. The highest BCUT2D eigenvalue weighted by atomic mass is 16.2. The van der Waals surface area contributed by atoms with Crippen LogP contribution in [0.25, 0.3) is 21.9 Å². The Morgan fingerprint density at radius 2 is 1.50 bits per heavy atom. The van der Waals surface area contributed by atoms with Crippen LogP contribution in [0.2, 0.25) is 0 Å². The SMILES string of the molecule is O=C(N/N=C\c1ccc(-c2ccccc2)cc1)c1n[nH]c(=O)c2ccccc12. The number of carbonyl (C=O) groups is 1. The van der Waals surface area contributed by atoms with Crippen molar-refractivity contribution in [3.05, 3.63) is 100 Å². The maximum atomic E-state index is 12.4. The van der Waals surface area contributed by atoms with Crippen LogP contribution in [0.3, 0.4) is 0 Å². The van der Waals surface area contributed by atoms with E-state index in [4.69, 9.17) is 0 Å². The third kappa shape index (κ3) is 3.57. The number of rotatable bonds is 4. The molecule has 0 aliphatic heterocycles. The number of nitrogens with zero attached hydrogens (tertiary/aromatic N) is 2. The van der Waals surface area contributed by atoms with Crippen LogP contribution in [0.1, 0.15) is 16.1 Å². The minimum atomic E-state index is -0.496. The lowest BCUT2D eigenvalue weighted by atomic mass is 10.0. The number of aromatic nitrogens is 2. The lowest BCUT2D eigenvalue weighted by Gasteiger charge is -2.03. The van der Waals surface area contributed by atoms with Gasteiger partial charge in [-0.05, 0) is 22.8 Å². The monoisotopic (exact) mass is 368 g/mol. The lowest BCUT2D eigenvalue weighted by molar-refractivity contribution is 0.0951. The van der Waals surface area contributed by atoms with Crippen molar-refractivity contribution in [3.8, 4) is 11.1 Å². The molecule has 1 aromatic heterocycles. The summed E-state index contributed by atoms with van der Waals surface area (Å²) in [6.07, 6.45) is 1.56. The van der Waals surface area contributed by atoms with Crippen LogP contribution in [0, 0.1) is 0 Å². The summed E-state index contributed by atoms with van der Waals surface area (Å²) in [6, 6.07) is 24.7. The summed E-state index contributed by atoms with van der Waals surface area (Å²) in [5, 5.41) is 11.1. The number of hydrogen-bond donors (Lipinski definition) is 2. The van der Waals surface area contributed by atoms with Crippen molar-refractivity contribution in [2.24, 2.45) is 5.10 Å². The quantitative estimate of drug-likeness (QED) is 0.428. The summed E-state index contributed by atoms with van der Waals surface area (Å²) in [7, 11) is 0. The Balaban J connectivity index is 1.49. The molecule has 0 spiro atoms. The van der Waals surface area contributed by atoms with Gasteiger partial charge in [-0.15, -0.1) is 0 Å². The van der Waals surface area contributed by atoms with E-state index in [1.54, 1.807) is 30.5 Å². The van der Waals surface area contributed by atoms with Crippen LogP contribution in [-0.4, -0.2) is 22.3 Å². The predicted molar refractivity (Wildman–Crippen MR) is 109 cm³/mol. The van der Waals surface area contributed by atoms with Crippen LogP contribution < -0.4 is 11.0 Å². The summed E-state index contributed by atoms with van der Waals surface area (Å²) < 4.78 is 0. The summed E-state index contributed by atoms with van der Waals surface area (Å²) >= 11 is 0. The van der Waals surface area contributed by atoms with Crippen molar-refractivity contribution in [2.75, 3.05) is 0 Å². The zero-order valence-electron chi connectivity index (χ0n) is 14.8. The van der Waals surface area contributed by atoms with E-state index in [2.05, 4.69) is 20.7 Å². The van der Waals surface area contributed by atoms with Crippen molar-refractivity contribution in [1.29, 1.82) is 0 Å². The molecule has 0 bridgehead atoms. The highest BCUT2D eigenvalue weighted by Gasteiger charge is 2.13. The average Bonchev–Trinajstić information content (AvgIpc) is 2.75. The minimum Gasteiger partial charge on any atom is -0.267 e. The third-order valence-corrected chi connectivity index (χ3v) is 4.31. The predicted octanol–water partition coefficient (Wildman–Crippen LogP) is 3.35. The molecule has 0 saturated carbocycles. The van der Waals surface area contributed by atoms with Gasteiger partial charge in [0.25, 0.3) is 11.5 Å². The first-order chi connectivity index (χ1) is 13.7. The zero-order valence-corrected chi connectivity index (χ0v) is 14.8. The van der Waals surface area contributed by atoms with Gasteiger partial charge in [0.1, 0.15) is 0 Å². The third-order valence-electron chi connectivity index (χ3n) is 4.31. The Bertz CT molecular complexity index is 1210. The van der Waals surface area contributed by atoms with Gasteiger partial charge in [0.2, 0.25) is 0 Å². The molecule has 0 atom stereocenters. The van der Waals surface area contributed by atoms with Gasteiger partial charge < -0.3 is 0 Å². The molecule has 28 heavy (non-hydrogen) atoms. The molecule has 1 amide bonds. The topological polar surface area (TPSA) is 87.2 Å². The fourth-order valence-corrected chi connectivity index (χ4v) is 2.90. The number of aromatic amines is 1. The van der Waals surface area contributed by atoms with Gasteiger partial charge in [0.15, 0.2) is 5.69 Å². The number of H-pyrrole nitrogens is 1. The maximum absolute atomic E-state index is 12.4. The summed E-state index contributed by atoms with van der Waals surface area (Å²) in [4.78, 5) is 24.2. The molecule has 0 radical (unpaired) electrons. The van der Waals surface area contributed by atoms with Gasteiger partial charge in [0.05, 0.1) is 11.6 Å². The summed E-state index contributed by atoms with van der Waals surface area (Å²) in [6.45, 7) is 0. The van der Waals surface area contributed by atoms with Gasteiger partial charge in [-0.3, -0.25) is 9.59 Å². The van der Waals surface area contributed by atoms with Crippen LogP contribution in [0.15, 0.2) is 88.8 Å². The van der Waals surface area contributed by atoms with E-state index < -0.39 is 5.91 Å². The first-order valence-electron chi connectivity index (χ1n) is 8.69. The molecule has 4 rings (SSSR count). The Morgan fingerprint density at radius 3 is 2.25 bits per heavy atom. The molecular formula is C22H16N4O2. The molecule has 0 unspecified atom stereocenters. The molecule has 3 aromatic carbocycles. The zero-order chi connectivity index (χ0) is 19.3. The van der Waals surface area contributed by atoms with Crippen molar-refractivity contribution < 1.29 is 4.79 Å². The van der Waals surface area contributed by atoms with Gasteiger partial charge in [-0.1, -0.05) is 72.8 Å². The number of nitrogens with one attached hydrogen (secondary N) is 2. The van der Waals surface area contributed by atoms with E-state index >= 15 is 0 Å². The van der Waals surface area contributed by atoms with Crippen LogP contribution in [0.5, 0.6) is 0 Å². The molecular weight excluding hydrogens is 352 g/mol. The second-order valence-corrected chi connectivity index (χ2v) is 6.13. The standard InChI is InChI=1S/C22H16N4O2/c27-21-19-9-5-4-8-18(19)20(24-26-21)22(28)25-23-14-15-10-12-17(13-11-15)16-6-2-1-3-7-16/h1-14H,(H,25,28)(H,26,27)/b23-14-. The number of amides is 1. The second-order valence-electron chi connectivity index (χ2n) is 6.13. The molecule has 0 aliphatic carbocycles. The van der Waals surface area contributed by atoms with E-state index in [1.165, 1.54) is 0 Å². The lowest BCUT2D eigenvalue weighted by Crippen LogP contribution is -2.22. The largest absolute Gasteiger partial charge is 0.292 e. The second kappa shape index (κ2) is 7.67. The molecule has 6 nitrogen and oxygen atoms in total. The van der Waals surface area contributed by atoms with Crippen LogP contribution in [0.4, 0.5) is 0 Å². The van der Waals surface area contributed by atoms with E-state index in [9.17, 15) is 9.59 Å². The van der Waals surface area contributed by atoms with E-state index in [0.717, 1.165) is 16.7 Å². The molecule has 6 heteroatoms. The van der Waals surface area contributed by atoms with Crippen molar-refractivity contribution in [1.82, 2.24) is 15.6 Å². The van der Waals surface area contributed by atoms with E-state index in [-0.39, 0.29) is 11.3 Å². The Morgan fingerprint density at radius 1 is 0.857 bits per heavy atom. The van der Waals surface area contributed by atoms with Gasteiger partial charge in [-0.2, -0.15) is 10.2 Å². The fraction of sp³-hybridized carbons (Fsp3) is 0. The Kier molecular flexibility index (Phi) is 4.76. The van der Waals surface area contributed by atoms with Crippen molar-refractivity contribution in [3.63, 3.8) is 0 Å². The number of hydrogen-bond acceptors (Lipinski definition) is 4. The van der Waals surface area contributed by atoms with Gasteiger partial charge in [0, 0.05) is 5.39 Å². The molecule has 1 heterocycles. The molecule has 0 fully saturated rings. The van der Waals surface area contributed by atoms with Gasteiger partial charge in [-0.25, -0.2) is 10.5 Å². The highest BCUT2D eigenvalue weighted by Crippen LogP contribution is 2.18. The van der Waals surface area contributed by atoms with E-state index in [0.29, 0.717) is 10.8 Å². The molecule has 4 aromatic rings. The van der Waals surface area contributed by atoms with Gasteiger partial charge >= 0.3 is 0 Å². The fourth-order valence-electron chi connectivity index (χ4n) is 2.90. The smallest absolute Gasteiger partial charge is 0.267 e. The molecule has 136 valence electrons. The number of carbonyl (C=O) groups excluding carboxylic acids is 1. The first-order valence-corrected chi connectivity index (χ1v) is 8.69. The summed E-state index contributed by atoms with van der Waals surface area (Å²) in [5.74, 6) is -0.496. The number of benzene rings is 3. The van der Waals surface area contributed by atoms with E-state index in [1.807, 2.05) is 54.6 Å². The van der Waals surface area contributed by atoms with Crippen LogP contribution in [-0.2, 0) is 0 Å². The Labute approximate surface area is 160 Å². The van der Waals surface area contributed by atoms with Crippen molar-refractivity contribution >= 4 is 22.9 Å². The summed E-state index contributed by atoms with van der Waals surface area (Å²) in [5.41, 5.74) is 5.31. The molecule has 0 aliphatic rings. The van der Waals surface area contributed by atoms with Crippen molar-refractivity contribution in [2.45, 2.75) is 0 Å². The van der Waals surface area contributed by atoms with Crippen LogP contribution >= 0.6 is 0 Å². The Hall–Kier alpha value is -4.06. The maximum Gasteiger partial charge on any atom is 0.292 e. The number of fused-ring (bicyclic) bond motifs is 1. The minimum absolute atomic E-state index is 0.117. The highest BCUT2D eigenvalue weighted by molar-refractivity contribution is 6.04. The molecule has 2 N–H and O–H groups in total. The first kappa shape index (κ1) is 17.4. The average molecular weight is 368 g/mol. The molecule has 0 saturated heterocycles. The normalized spacial score (nSPS) is 11.0.